The molecule has 64 valence electrons. The number of hydrogen-bond acceptors (Lipinski definition) is 3. The molecule has 12 heavy (non-hydrogen) atoms. The van der Waals surface area contributed by atoms with Gasteiger partial charge in [0.15, 0.2) is 0 Å². The maximum Gasteiger partial charge on any atom is 0.325 e. The number of amides is 1. The quantitative estimate of drug-likeness (QED) is 0.582. The standard InChI is InChI=1S/C7H8N2O3/c1-4-5(2)8-9(7(4)12)3-6(10)11/h1,3H2,2H3,(H,10,11). The van der Waals surface area contributed by atoms with E-state index in [1.54, 1.807) is 6.92 Å². The molecule has 1 amide bonds. The van der Waals surface area contributed by atoms with Gasteiger partial charge >= 0.3 is 5.97 Å². The SMILES string of the molecule is C=C1C(=O)N(CC(=O)O)N=C1C. The van der Waals surface area contributed by atoms with Gasteiger partial charge in [0.2, 0.25) is 0 Å². The molecule has 0 saturated carbocycles. The second-order valence-electron chi connectivity index (χ2n) is 2.42. The fourth-order valence-corrected chi connectivity index (χ4v) is 0.833. The van der Waals surface area contributed by atoms with Gasteiger partial charge in [-0.1, -0.05) is 6.58 Å². The Morgan fingerprint density at radius 2 is 2.33 bits per heavy atom. The molecule has 5 heteroatoms. The van der Waals surface area contributed by atoms with Crippen molar-refractivity contribution in [3.8, 4) is 0 Å². The zero-order valence-electron chi connectivity index (χ0n) is 6.57. The summed E-state index contributed by atoms with van der Waals surface area (Å²) in [6.07, 6.45) is 0. The molecule has 0 bridgehead atoms. The number of carbonyl (C=O) groups excluding carboxylic acids is 1. The molecule has 1 rings (SSSR count). The number of hydrazone groups is 1. The molecule has 0 atom stereocenters. The van der Waals surface area contributed by atoms with Crippen molar-refractivity contribution in [3.63, 3.8) is 0 Å². The van der Waals surface area contributed by atoms with Crippen LogP contribution in [0.2, 0.25) is 0 Å². The number of hydrogen-bond donors (Lipinski definition) is 1. The van der Waals surface area contributed by atoms with Gasteiger partial charge in [0.05, 0.1) is 11.3 Å². The van der Waals surface area contributed by atoms with Crippen molar-refractivity contribution in [2.24, 2.45) is 5.10 Å². The molecule has 0 aromatic heterocycles. The molecule has 0 aromatic carbocycles. The average Bonchev–Trinajstić information content (AvgIpc) is 2.17. The van der Waals surface area contributed by atoms with Crippen LogP contribution in [-0.4, -0.2) is 34.2 Å². The largest absolute Gasteiger partial charge is 0.480 e. The smallest absolute Gasteiger partial charge is 0.325 e. The number of nitrogens with zero attached hydrogens (tertiary/aromatic N) is 2. The Kier molecular flexibility index (Phi) is 1.95. The Morgan fingerprint density at radius 3 is 2.67 bits per heavy atom. The minimum atomic E-state index is -1.09. The third-order valence-corrected chi connectivity index (χ3v) is 1.49. The molecular weight excluding hydrogens is 160 g/mol. The lowest BCUT2D eigenvalue weighted by Crippen LogP contribution is -2.27. The van der Waals surface area contributed by atoms with E-state index in [4.69, 9.17) is 5.11 Å². The second kappa shape index (κ2) is 2.77. The lowest BCUT2D eigenvalue weighted by atomic mass is 10.2. The van der Waals surface area contributed by atoms with Gasteiger partial charge in [-0.2, -0.15) is 5.10 Å². The van der Waals surface area contributed by atoms with Crippen LogP contribution >= 0.6 is 0 Å². The summed E-state index contributed by atoms with van der Waals surface area (Å²) in [5.41, 5.74) is 0.734. The van der Waals surface area contributed by atoms with E-state index < -0.39 is 18.4 Å². The average molecular weight is 168 g/mol. The van der Waals surface area contributed by atoms with Crippen LogP contribution in [0.4, 0.5) is 0 Å². The van der Waals surface area contributed by atoms with E-state index in [-0.39, 0.29) is 5.57 Å². The summed E-state index contributed by atoms with van der Waals surface area (Å²) in [5.74, 6) is -1.52. The number of rotatable bonds is 2. The predicted octanol–water partition coefficient (Wildman–Crippen LogP) is -0.155. The third kappa shape index (κ3) is 1.34. The van der Waals surface area contributed by atoms with Crippen molar-refractivity contribution >= 4 is 17.6 Å². The van der Waals surface area contributed by atoms with E-state index in [1.165, 1.54) is 0 Å². The van der Waals surface area contributed by atoms with Crippen molar-refractivity contribution in [1.82, 2.24) is 5.01 Å². The maximum absolute atomic E-state index is 11.1. The van der Waals surface area contributed by atoms with Crippen molar-refractivity contribution in [2.75, 3.05) is 6.54 Å². The minimum Gasteiger partial charge on any atom is -0.480 e. The first-order valence-corrected chi connectivity index (χ1v) is 3.30. The number of carboxylic acid groups (broad SMARTS) is 1. The van der Waals surface area contributed by atoms with Gasteiger partial charge in [-0.05, 0) is 6.92 Å². The predicted molar refractivity (Wildman–Crippen MR) is 41.6 cm³/mol. The first-order chi connectivity index (χ1) is 5.52. The van der Waals surface area contributed by atoms with E-state index >= 15 is 0 Å². The fraction of sp³-hybridized carbons (Fsp3) is 0.286. The summed E-state index contributed by atoms with van der Waals surface area (Å²) in [6, 6.07) is 0. The molecule has 0 aliphatic carbocycles. The highest BCUT2D eigenvalue weighted by Gasteiger charge is 2.26. The molecule has 0 radical (unpaired) electrons. The molecule has 0 saturated heterocycles. The van der Waals surface area contributed by atoms with Gasteiger partial charge in [0.1, 0.15) is 6.54 Å². The molecule has 0 aromatic rings. The number of carboxylic acids is 1. The summed E-state index contributed by atoms with van der Waals surface area (Å²) in [7, 11) is 0. The Morgan fingerprint density at radius 1 is 1.75 bits per heavy atom. The van der Waals surface area contributed by atoms with E-state index in [1.807, 2.05) is 0 Å². The van der Waals surface area contributed by atoms with Crippen LogP contribution in [0.15, 0.2) is 17.3 Å². The van der Waals surface area contributed by atoms with Crippen LogP contribution in [0.3, 0.4) is 0 Å². The number of carbonyl (C=O) groups is 2. The summed E-state index contributed by atoms with van der Waals surface area (Å²) < 4.78 is 0. The van der Waals surface area contributed by atoms with Crippen LogP contribution in [-0.2, 0) is 9.59 Å². The van der Waals surface area contributed by atoms with E-state index in [0.717, 1.165) is 5.01 Å². The van der Waals surface area contributed by atoms with E-state index in [2.05, 4.69) is 11.7 Å². The van der Waals surface area contributed by atoms with Crippen LogP contribution in [0.5, 0.6) is 0 Å². The topological polar surface area (TPSA) is 70.0 Å². The van der Waals surface area contributed by atoms with Gasteiger partial charge in [0.25, 0.3) is 5.91 Å². The van der Waals surface area contributed by atoms with Crippen LogP contribution in [0.25, 0.3) is 0 Å². The van der Waals surface area contributed by atoms with Gasteiger partial charge in [-0.15, -0.1) is 0 Å². The zero-order chi connectivity index (χ0) is 9.30. The van der Waals surface area contributed by atoms with Crippen molar-refractivity contribution in [1.29, 1.82) is 0 Å². The molecule has 5 nitrogen and oxygen atoms in total. The Bertz CT molecular complexity index is 293. The maximum atomic E-state index is 11.1. The van der Waals surface area contributed by atoms with Crippen molar-refractivity contribution in [2.45, 2.75) is 6.92 Å². The van der Waals surface area contributed by atoms with Gasteiger partial charge in [0, 0.05) is 0 Å². The molecule has 1 heterocycles. The summed E-state index contributed by atoms with van der Waals surface area (Å²) in [5, 5.41) is 13.0. The Hall–Kier alpha value is -1.65. The third-order valence-electron chi connectivity index (χ3n) is 1.49. The molecule has 0 spiro atoms. The monoisotopic (exact) mass is 168 g/mol. The van der Waals surface area contributed by atoms with E-state index in [9.17, 15) is 9.59 Å². The molecule has 0 unspecified atom stereocenters. The molecule has 1 aliphatic heterocycles. The summed E-state index contributed by atoms with van der Waals surface area (Å²) in [4.78, 5) is 21.3. The summed E-state index contributed by atoms with van der Waals surface area (Å²) in [6.45, 7) is 4.66. The highest BCUT2D eigenvalue weighted by atomic mass is 16.4. The second-order valence-corrected chi connectivity index (χ2v) is 2.42. The highest BCUT2D eigenvalue weighted by molar-refractivity contribution is 6.23. The first kappa shape index (κ1) is 8.45. The zero-order valence-corrected chi connectivity index (χ0v) is 6.57. The van der Waals surface area contributed by atoms with Crippen LogP contribution in [0, 0.1) is 0 Å². The van der Waals surface area contributed by atoms with E-state index in [0.29, 0.717) is 5.71 Å². The van der Waals surface area contributed by atoms with Crippen LogP contribution in [0.1, 0.15) is 6.92 Å². The normalized spacial score (nSPS) is 16.8. The Labute approximate surface area is 69.0 Å². The number of aliphatic carboxylic acids is 1. The molecular formula is C7H8N2O3. The van der Waals surface area contributed by atoms with Gasteiger partial charge in [-0.3, -0.25) is 9.59 Å². The van der Waals surface area contributed by atoms with Crippen LogP contribution < -0.4 is 0 Å². The lowest BCUT2D eigenvalue weighted by Gasteiger charge is -2.06. The van der Waals surface area contributed by atoms with Crippen molar-refractivity contribution < 1.29 is 14.7 Å². The van der Waals surface area contributed by atoms with Gasteiger partial charge in [-0.25, -0.2) is 5.01 Å². The highest BCUT2D eigenvalue weighted by Crippen LogP contribution is 2.11. The fourth-order valence-electron chi connectivity index (χ4n) is 0.833. The van der Waals surface area contributed by atoms with Crippen molar-refractivity contribution in [3.05, 3.63) is 12.2 Å². The minimum absolute atomic E-state index is 0.260. The Balaban J connectivity index is 2.77. The molecule has 0 fully saturated rings. The molecule has 1 aliphatic rings. The van der Waals surface area contributed by atoms with Gasteiger partial charge < -0.3 is 5.11 Å². The molecule has 1 N–H and O–H groups in total. The first-order valence-electron chi connectivity index (χ1n) is 3.30. The lowest BCUT2D eigenvalue weighted by molar-refractivity contribution is -0.142. The summed E-state index contributed by atoms with van der Waals surface area (Å²) >= 11 is 0.